The van der Waals surface area contributed by atoms with Crippen LogP contribution in [0.2, 0.25) is 0 Å². The summed E-state index contributed by atoms with van der Waals surface area (Å²) in [7, 11) is 0. The normalized spacial score (nSPS) is 10.4. The third kappa shape index (κ3) is 3.34. The van der Waals surface area contributed by atoms with Crippen molar-refractivity contribution >= 4 is 11.8 Å². The fourth-order valence-corrected chi connectivity index (χ4v) is 2.49. The van der Waals surface area contributed by atoms with Crippen LogP contribution in [0.25, 0.3) is 11.1 Å². The fourth-order valence-electron chi connectivity index (χ4n) is 2.49. The lowest BCUT2D eigenvalue weighted by Gasteiger charge is -2.12. The highest BCUT2D eigenvalue weighted by atomic mass is 16.1. The molecule has 0 aliphatic carbocycles. The Morgan fingerprint density at radius 2 is 1.45 bits per heavy atom. The molecule has 22 heavy (non-hydrogen) atoms. The Morgan fingerprint density at radius 1 is 0.909 bits per heavy atom. The molecule has 0 saturated heterocycles. The van der Waals surface area contributed by atoms with Crippen molar-refractivity contribution in [1.82, 2.24) is 0 Å². The van der Waals surface area contributed by atoms with Gasteiger partial charge in [-0.25, -0.2) is 0 Å². The Labute approximate surface area is 130 Å². The number of primary amides is 2. The first-order valence-corrected chi connectivity index (χ1v) is 7.36. The van der Waals surface area contributed by atoms with Gasteiger partial charge in [0, 0.05) is 16.7 Å². The summed E-state index contributed by atoms with van der Waals surface area (Å²) in [6.45, 7) is 2.15. The minimum atomic E-state index is -0.576. The lowest BCUT2D eigenvalue weighted by Crippen LogP contribution is -2.18. The number of aryl methyl sites for hydroxylation is 1. The van der Waals surface area contributed by atoms with Gasteiger partial charge >= 0.3 is 0 Å². The predicted octanol–water partition coefficient (Wildman–Crippen LogP) is 2.89. The number of unbranched alkanes of at least 4 members (excludes halogenated alkanes) is 1. The minimum absolute atomic E-state index is 0.303. The summed E-state index contributed by atoms with van der Waals surface area (Å²) in [4.78, 5) is 23.3. The van der Waals surface area contributed by atoms with Gasteiger partial charge in [0.25, 0.3) is 0 Å². The minimum Gasteiger partial charge on any atom is -0.366 e. The van der Waals surface area contributed by atoms with Crippen molar-refractivity contribution in [2.45, 2.75) is 26.2 Å². The van der Waals surface area contributed by atoms with Gasteiger partial charge in [0.05, 0.1) is 0 Å². The van der Waals surface area contributed by atoms with Crippen molar-refractivity contribution in [2.75, 3.05) is 0 Å². The molecule has 0 fully saturated rings. The molecule has 0 saturated carbocycles. The monoisotopic (exact) mass is 296 g/mol. The first-order valence-electron chi connectivity index (χ1n) is 7.36. The second kappa shape index (κ2) is 6.89. The highest BCUT2D eigenvalue weighted by Crippen LogP contribution is 2.28. The van der Waals surface area contributed by atoms with E-state index in [0.29, 0.717) is 16.7 Å². The second-order valence-corrected chi connectivity index (χ2v) is 5.26. The molecule has 0 aliphatic rings. The summed E-state index contributed by atoms with van der Waals surface area (Å²) >= 11 is 0. The zero-order valence-corrected chi connectivity index (χ0v) is 12.6. The van der Waals surface area contributed by atoms with Gasteiger partial charge in [-0.2, -0.15) is 0 Å². The molecule has 0 bridgehead atoms. The van der Waals surface area contributed by atoms with Crippen LogP contribution in [-0.2, 0) is 6.42 Å². The van der Waals surface area contributed by atoms with E-state index in [9.17, 15) is 9.59 Å². The van der Waals surface area contributed by atoms with Crippen LogP contribution in [0.5, 0.6) is 0 Å². The van der Waals surface area contributed by atoms with Crippen LogP contribution in [0.15, 0.2) is 42.5 Å². The average Bonchev–Trinajstić information content (AvgIpc) is 2.52. The molecule has 4 N–H and O–H groups in total. The van der Waals surface area contributed by atoms with Crippen molar-refractivity contribution in [2.24, 2.45) is 11.5 Å². The first kappa shape index (κ1) is 15.8. The Kier molecular flexibility index (Phi) is 4.94. The molecule has 0 spiro atoms. The topological polar surface area (TPSA) is 86.2 Å². The van der Waals surface area contributed by atoms with Crippen LogP contribution >= 0.6 is 0 Å². The van der Waals surface area contributed by atoms with Crippen molar-refractivity contribution in [3.63, 3.8) is 0 Å². The quantitative estimate of drug-likeness (QED) is 0.858. The molecular weight excluding hydrogens is 276 g/mol. The van der Waals surface area contributed by atoms with Crippen LogP contribution < -0.4 is 11.5 Å². The van der Waals surface area contributed by atoms with Crippen molar-refractivity contribution < 1.29 is 9.59 Å². The molecule has 2 aromatic carbocycles. The molecule has 0 radical (unpaired) electrons. The van der Waals surface area contributed by atoms with Crippen molar-refractivity contribution in [3.8, 4) is 11.1 Å². The number of amides is 2. The van der Waals surface area contributed by atoms with Crippen molar-refractivity contribution in [1.29, 1.82) is 0 Å². The molecule has 4 nitrogen and oxygen atoms in total. The lowest BCUT2D eigenvalue weighted by atomic mass is 9.92. The Balaban J connectivity index is 2.50. The van der Waals surface area contributed by atoms with E-state index in [-0.39, 0.29) is 0 Å². The molecule has 0 heterocycles. The molecular formula is C18H20N2O2. The predicted molar refractivity (Wildman–Crippen MR) is 87.5 cm³/mol. The summed E-state index contributed by atoms with van der Waals surface area (Å²) in [5.74, 6) is -1.15. The van der Waals surface area contributed by atoms with Gasteiger partial charge in [0.1, 0.15) is 0 Å². The maximum absolute atomic E-state index is 11.6. The number of carbonyl (C=O) groups excluding carboxylic acids is 2. The largest absolute Gasteiger partial charge is 0.366 e. The van der Waals surface area contributed by atoms with E-state index >= 15 is 0 Å². The van der Waals surface area contributed by atoms with E-state index in [4.69, 9.17) is 11.5 Å². The molecule has 2 aromatic rings. The summed E-state index contributed by atoms with van der Waals surface area (Å²) in [5.41, 5.74) is 14.0. The van der Waals surface area contributed by atoms with Crippen LogP contribution in [0, 0.1) is 0 Å². The molecule has 0 aromatic heterocycles. The van der Waals surface area contributed by atoms with Gasteiger partial charge < -0.3 is 11.5 Å². The molecule has 4 heteroatoms. The highest BCUT2D eigenvalue weighted by molar-refractivity contribution is 6.08. The summed E-state index contributed by atoms with van der Waals surface area (Å²) < 4.78 is 0. The first-order chi connectivity index (χ1) is 10.5. The highest BCUT2D eigenvalue weighted by Gasteiger charge is 2.17. The summed E-state index contributed by atoms with van der Waals surface area (Å²) in [5, 5.41) is 0. The van der Waals surface area contributed by atoms with E-state index in [0.717, 1.165) is 24.8 Å². The van der Waals surface area contributed by atoms with Crippen LogP contribution in [0.3, 0.4) is 0 Å². The third-order valence-corrected chi connectivity index (χ3v) is 3.66. The molecule has 114 valence electrons. The average molecular weight is 296 g/mol. The second-order valence-electron chi connectivity index (χ2n) is 5.26. The maximum Gasteiger partial charge on any atom is 0.249 e. The van der Waals surface area contributed by atoms with Crippen LogP contribution in [-0.4, -0.2) is 11.8 Å². The molecule has 2 amide bonds. The van der Waals surface area contributed by atoms with E-state index in [2.05, 4.69) is 6.92 Å². The standard InChI is InChI=1S/C18H20N2O2/c1-2-3-5-12-8-10-13(11-9-12)16-14(17(19)21)6-4-7-15(16)18(20)22/h4,6-11H,2-3,5H2,1H3,(H2,19,21)(H2,20,22). The van der Waals surface area contributed by atoms with Gasteiger partial charge in [0.2, 0.25) is 11.8 Å². The fraction of sp³-hybridized carbons (Fsp3) is 0.222. The van der Waals surface area contributed by atoms with Gasteiger partial charge in [0.15, 0.2) is 0 Å². The van der Waals surface area contributed by atoms with E-state index in [1.54, 1.807) is 18.2 Å². The lowest BCUT2D eigenvalue weighted by molar-refractivity contribution is 0.0999. The van der Waals surface area contributed by atoms with Gasteiger partial charge in [-0.05, 0) is 36.1 Å². The third-order valence-electron chi connectivity index (χ3n) is 3.66. The molecule has 0 atom stereocenters. The van der Waals surface area contributed by atoms with E-state index < -0.39 is 11.8 Å². The van der Waals surface area contributed by atoms with Gasteiger partial charge in [-0.1, -0.05) is 43.7 Å². The van der Waals surface area contributed by atoms with E-state index in [1.807, 2.05) is 24.3 Å². The number of hydrogen-bond acceptors (Lipinski definition) is 2. The summed E-state index contributed by atoms with van der Waals surface area (Å²) in [6, 6.07) is 12.6. The molecule has 0 aliphatic heterocycles. The Morgan fingerprint density at radius 3 is 1.91 bits per heavy atom. The Hall–Kier alpha value is -2.62. The number of carbonyl (C=O) groups is 2. The zero-order chi connectivity index (χ0) is 16.1. The number of benzene rings is 2. The van der Waals surface area contributed by atoms with Gasteiger partial charge in [-0.3, -0.25) is 9.59 Å². The van der Waals surface area contributed by atoms with Crippen molar-refractivity contribution in [3.05, 3.63) is 59.2 Å². The Bertz CT molecular complexity index is 658. The van der Waals surface area contributed by atoms with Crippen LogP contribution in [0.1, 0.15) is 46.0 Å². The SMILES string of the molecule is CCCCc1ccc(-c2c(C(N)=O)cccc2C(N)=O)cc1. The number of hydrogen-bond donors (Lipinski definition) is 2. The van der Waals surface area contributed by atoms with E-state index in [1.165, 1.54) is 5.56 Å². The zero-order valence-electron chi connectivity index (χ0n) is 12.6. The maximum atomic E-state index is 11.6. The summed E-state index contributed by atoms with van der Waals surface area (Å²) in [6.07, 6.45) is 3.28. The number of rotatable bonds is 6. The smallest absolute Gasteiger partial charge is 0.249 e. The molecule has 0 unspecified atom stereocenters. The van der Waals surface area contributed by atoms with Gasteiger partial charge in [-0.15, -0.1) is 0 Å². The van der Waals surface area contributed by atoms with Crippen LogP contribution in [0.4, 0.5) is 0 Å². The molecule has 2 rings (SSSR count). The number of nitrogens with two attached hydrogens (primary N) is 2.